The van der Waals surface area contributed by atoms with Gasteiger partial charge in [0.2, 0.25) is 17.7 Å². The van der Waals surface area contributed by atoms with Crippen molar-refractivity contribution in [1.29, 1.82) is 0 Å². The van der Waals surface area contributed by atoms with Crippen LogP contribution in [0.25, 0.3) is 0 Å². The molecule has 11 heteroatoms. The minimum absolute atomic E-state index is 0.0589. The number of likely N-dealkylation sites (tertiary alicyclic amines) is 2. The van der Waals surface area contributed by atoms with Gasteiger partial charge in [0, 0.05) is 26.2 Å². The first kappa shape index (κ1) is 33.6. The summed E-state index contributed by atoms with van der Waals surface area (Å²) in [5.74, 6) is -1.26. The highest BCUT2D eigenvalue weighted by Crippen LogP contribution is 2.32. The number of amides is 5. The molecular weight excluding hydrogens is 538 g/mol. The maximum Gasteiger partial charge on any atom is 0.257 e. The number of likely N-dealkylation sites (N-methyl/N-ethyl adjacent to an activating group) is 2. The van der Waals surface area contributed by atoms with Crippen molar-refractivity contribution in [2.45, 2.75) is 104 Å². The predicted octanol–water partition coefficient (Wildman–Crippen LogP) is 2.01. The topological polar surface area (TPSA) is 120 Å². The van der Waals surface area contributed by atoms with E-state index >= 15 is 0 Å². The molecule has 2 saturated heterocycles. The fourth-order valence-corrected chi connectivity index (χ4v) is 6.80. The molecule has 1 N–H and O–H groups in total. The molecule has 0 aliphatic carbocycles. The van der Waals surface area contributed by atoms with Gasteiger partial charge in [0.05, 0.1) is 19.2 Å². The lowest BCUT2D eigenvalue weighted by atomic mass is 9.95. The molecule has 0 aromatic rings. The molecule has 0 unspecified atom stereocenters. The lowest BCUT2D eigenvalue weighted by Gasteiger charge is -2.39. The summed E-state index contributed by atoms with van der Waals surface area (Å²) in [6, 6.07) is -3.17. The van der Waals surface area contributed by atoms with Gasteiger partial charge in [-0.25, -0.2) is 0 Å². The van der Waals surface area contributed by atoms with Gasteiger partial charge in [0.15, 0.2) is 0 Å². The van der Waals surface area contributed by atoms with Crippen molar-refractivity contribution >= 4 is 29.5 Å². The summed E-state index contributed by atoms with van der Waals surface area (Å²) in [5, 5.41) is 3.08. The van der Waals surface area contributed by atoms with E-state index in [2.05, 4.69) is 5.32 Å². The van der Waals surface area contributed by atoms with Gasteiger partial charge in [-0.1, -0.05) is 48.0 Å². The monoisotopic (exact) mass is 589 g/mol. The molecule has 3 aliphatic heterocycles. The Morgan fingerprint density at radius 1 is 1.00 bits per heavy atom. The Morgan fingerprint density at radius 2 is 1.57 bits per heavy atom. The average molecular weight is 590 g/mol. The van der Waals surface area contributed by atoms with E-state index in [1.165, 1.54) is 23.0 Å². The second kappa shape index (κ2) is 14.0. The summed E-state index contributed by atoms with van der Waals surface area (Å²) in [7, 11) is 4.87. The maximum atomic E-state index is 14.3. The quantitative estimate of drug-likeness (QED) is 0.366. The third-order valence-corrected chi connectivity index (χ3v) is 9.26. The molecule has 0 aromatic carbocycles. The summed E-state index contributed by atoms with van der Waals surface area (Å²) < 4.78 is 5.41. The van der Waals surface area contributed by atoms with E-state index in [1.54, 1.807) is 23.9 Å². The molecule has 11 nitrogen and oxygen atoms in total. The Balaban J connectivity index is 1.86. The van der Waals surface area contributed by atoms with Gasteiger partial charge in [-0.15, -0.1) is 0 Å². The third-order valence-electron chi connectivity index (χ3n) is 9.26. The van der Waals surface area contributed by atoms with Crippen molar-refractivity contribution in [1.82, 2.24) is 24.9 Å². The number of nitrogens with one attached hydrogen (secondary N) is 1. The van der Waals surface area contributed by atoms with Crippen LogP contribution in [0.4, 0.5) is 0 Å². The van der Waals surface area contributed by atoms with E-state index in [0.717, 1.165) is 0 Å². The van der Waals surface area contributed by atoms with Crippen molar-refractivity contribution in [2.24, 2.45) is 17.8 Å². The third kappa shape index (κ3) is 6.35. The van der Waals surface area contributed by atoms with E-state index in [0.29, 0.717) is 51.0 Å². The molecule has 3 rings (SSSR count). The van der Waals surface area contributed by atoms with Crippen LogP contribution in [0.2, 0.25) is 0 Å². The fraction of sp³-hybridized carbons (Fsp3) is 0.774. The number of hydrogen-bond donors (Lipinski definition) is 1. The number of nitrogens with zero attached hydrogens (tertiary/aromatic N) is 4. The molecule has 0 aromatic heterocycles. The van der Waals surface area contributed by atoms with Gasteiger partial charge in [0.1, 0.15) is 23.9 Å². The summed E-state index contributed by atoms with van der Waals surface area (Å²) in [6.07, 6.45) is 4.32. The Kier molecular flexibility index (Phi) is 11.2. The minimum atomic E-state index is -0.804. The predicted molar refractivity (Wildman–Crippen MR) is 159 cm³/mol. The van der Waals surface area contributed by atoms with Gasteiger partial charge in [0.25, 0.3) is 11.8 Å². The maximum absolute atomic E-state index is 14.3. The lowest BCUT2D eigenvalue weighted by molar-refractivity contribution is -0.156. The zero-order valence-corrected chi connectivity index (χ0v) is 26.9. The highest BCUT2D eigenvalue weighted by molar-refractivity contribution is 6.07. The summed E-state index contributed by atoms with van der Waals surface area (Å²) in [4.78, 5) is 74.4. The van der Waals surface area contributed by atoms with Crippen molar-refractivity contribution in [3.63, 3.8) is 0 Å². The van der Waals surface area contributed by atoms with Crippen LogP contribution in [0, 0.1) is 17.8 Å². The molecule has 5 amide bonds. The van der Waals surface area contributed by atoms with Crippen molar-refractivity contribution in [3.8, 4) is 0 Å². The normalized spacial score (nSPS) is 24.7. The Labute approximate surface area is 250 Å². The van der Waals surface area contributed by atoms with Crippen molar-refractivity contribution in [2.75, 3.05) is 34.3 Å². The highest BCUT2D eigenvalue weighted by Gasteiger charge is 2.48. The summed E-state index contributed by atoms with van der Waals surface area (Å²) >= 11 is 0. The van der Waals surface area contributed by atoms with E-state index in [9.17, 15) is 24.0 Å². The summed E-state index contributed by atoms with van der Waals surface area (Å²) in [5.41, 5.74) is 0. The molecule has 3 aliphatic rings. The van der Waals surface area contributed by atoms with Gasteiger partial charge in [-0.3, -0.25) is 28.9 Å². The first-order chi connectivity index (χ1) is 19.8. The van der Waals surface area contributed by atoms with Crippen LogP contribution in [-0.2, 0) is 28.7 Å². The lowest BCUT2D eigenvalue weighted by Crippen LogP contribution is -2.60. The van der Waals surface area contributed by atoms with Crippen LogP contribution in [0.1, 0.15) is 73.6 Å². The molecule has 2 fully saturated rings. The molecule has 3 heterocycles. The summed E-state index contributed by atoms with van der Waals surface area (Å²) in [6.45, 7) is 12.5. The smallest absolute Gasteiger partial charge is 0.257 e. The van der Waals surface area contributed by atoms with Crippen LogP contribution < -0.4 is 5.32 Å². The molecule has 236 valence electrons. The van der Waals surface area contributed by atoms with Crippen LogP contribution >= 0.6 is 0 Å². The molecule has 6 atom stereocenters. The Bertz CT molecular complexity index is 1070. The number of carbonyl (C=O) groups excluding carboxylic acids is 5. The Hall–Kier alpha value is -2.95. The second-order valence-corrected chi connectivity index (χ2v) is 12.7. The standard InChI is InChI=1S/C31H51N5O6/c1-10-20(6)27(33(8)28(38)21-13-11-15-34(21)30(40)25(32-7)18(2)3)31(41)35-16-12-14-22(35)29(39)36-24(37)17-23(42-9)26(36)19(4)5/h17-22,25-27,32H,10-16H2,1-9H3/t20-,21-,22+,25-,26-,27-/m0/s1. The van der Waals surface area contributed by atoms with Gasteiger partial charge in [-0.2, -0.15) is 0 Å². The zero-order chi connectivity index (χ0) is 31.5. The van der Waals surface area contributed by atoms with E-state index < -0.39 is 42.0 Å². The van der Waals surface area contributed by atoms with E-state index in [4.69, 9.17) is 4.74 Å². The van der Waals surface area contributed by atoms with E-state index in [-0.39, 0.29) is 35.5 Å². The zero-order valence-electron chi connectivity index (χ0n) is 26.9. The first-order valence-electron chi connectivity index (χ1n) is 15.5. The SMILES string of the molecule is CC[C@H](C)[C@@H](C(=O)N1CCC[C@@H]1C(=O)N1C(=O)C=C(OC)[C@@H]1C(C)C)N(C)C(=O)[C@@H]1CCCN1C(=O)[C@@H](NC)C(C)C. The van der Waals surface area contributed by atoms with Crippen LogP contribution in [-0.4, -0.2) is 114 Å². The fourth-order valence-electron chi connectivity index (χ4n) is 6.80. The number of rotatable bonds is 11. The largest absolute Gasteiger partial charge is 0.499 e. The van der Waals surface area contributed by atoms with Crippen LogP contribution in [0.3, 0.4) is 0 Å². The second-order valence-electron chi connectivity index (χ2n) is 12.7. The number of carbonyl (C=O) groups is 5. The minimum Gasteiger partial charge on any atom is -0.499 e. The number of methoxy groups -OCH3 is 1. The molecule has 42 heavy (non-hydrogen) atoms. The number of hydrogen-bond acceptors (Lipinski definition) is 7. The number of ether oxygens (including phenoxy) is 1. The molecule has 0 spiro atoms. The van der Waals surface area contributed by atoms with Crippen LogP contribution in [0.5, 0.6) is 0 Å². The van der Waals surface area contributed by atoms with Gasteiger partial charge < -0.3 is 24.8 Å². The van der Waals surface area contributed by atoms with Gasteiger partial charge >= 0.3 is 0 Å². The first-order valence-corrected chi connectivity index (χ1v) is 15.5. The van der Waals surface area contributed by atoms with E-state index in [1.807, 2.05) is 41.5 Å². The van der Waals surface area contributed by atoms with Crippen LogP contribution in [0.15, 0.2) is 11.8 Å². The molecular formula is C31H51N5O6. The van der Waals surface area contributed by atoms with Crippen molar-refractivity contribution in [3.05, 3.63) is 11.8 Å². The Morgan fingerprint density at radius 3 is 2.07 bits per heavy atom. The molecule has 0 radical (unpaired) electrons. The van der Waals surface area contributed by atoms with Crippen molar-refractivity contribution < 1.29 is 28.7 Å². The van der Waals surface area contributed by atoms with Gasteiger partial charge in [-0.05, 0) is 50.5 Å². The number of imide groups is 1. The highest BCUT2D eigenvalue weighted by atomic mass is 16.5. The molecule has 0 bridgehead atoms. The molecule has 0 saturated carbocycles. The average Bonchev–Trinajstić information content (AvgIpc) is 3.70.